The summed E-state index contributed by atoms with van der Waals surface area (Å²) in [5, 5.41) is 0. The van der Waals surface area contributed by atoms with Crippen LogP contribution in [0.5, 0.6) is 0 Å². The quantitative estimate of drug-likeness (QED) is 0.698. The first-order valence-corrected chi connectivity index (χ1v) is 6.22. The molecule has 0 aliphatic heterocycles. The van der Waals surface area contributed by atoms with Gasteiger partial charge in [0.2, 0.25) is 0 Å². The average Bonchev–Trinajstić information content (AvgIpc) is 2.73. The summed E-state index contributed by atoms with van der Waals surface area (Å²) in [6.07, 6.45) is 1.97. The Hall–Kier alpha value is -1.41. The van der Waals surface area contributed by atoms with Crippen LogP contribution in [-0.2, 0) is 0 Å². The van der Waals surface area contributed by atoms with Crippen LogP contribution >= 0.6 is 11.3 Å². The van der Waals surface area contributed by atoms with Crippen LogP contribution in [0.4, 0.5) is 0 Å². The highest BCUT2D eigenvalue weighted by atomic mass is 32.1. The normalized spacial score (nSPS) is 13.1. The molecule has 0 amide bonds. The summed E-state index contributed by atoms with van der Waals surface area (Å²) in [5.41, 5.74) is 1.26. The van der Waals surface area contributed by atoms with Crippen LogP contribution in [-0.4, -0.2) is 6.21 Å². The Morgan fingerprint density at radius 3 is 2.50 bits per heavy atom. The van der Waals surface area contributed by atoms with Gasteiger partial charge in [-0.25, -0.2) is 0 Å². The minimum absolute atomic E-state index is 0.226. The van der Waals surface area contributed by atoms with Crippen LogP contribution in [0.1, 0.15) is 28.3 Å². The van der Waals surface area contributed by atoms with E-state index in [0.29, 0.717) is 0 Å². The minimum atomic E-state index is 0.226. The van der Waals surface area contributed by atoms with Crippen molar-refractivity contribution in [3.8, 4) is 0 Å². The standard InChI is InChI=1S/C14H15NS/c1-11-8-9-14(16-11)10-15-12(2)13-6-4-3-5-7-13/h3-10,12H,1-2H3. The van der Waals surface area contributed by atoms with E-state index in [1.807, 2.05) is 12.3 Å². The van der Waals surface area contributed by atoms with Crippen LogP contribution in [0.3, 0.4) is 0 Å². The van der Waals surface area contributed by atoms with Crippen LogP contribution in [0.2, 0.25) is 0 Å². The van der Waals surface area contributed by atoms with E-state index in [-0.39, 0.29) is 6.04 Å². The Morgan fingerprint density at radius 1 is 1.12 bits per heavy atom. The van der Waals surface area contributed by atoms with Crippen molar-refractivity contribution in [2.45, 2.75) is 19.9 Å². The van der Waals surface area contributed by atoms with Crippen molar-refractivity contribution in [1.29, 1.82) is 0 Å². The summed E-state index contributed by atoms with van der Waals surface area (Å²) >= 11 is 1.78. The first-order chi connectivity index (χ1) is 7.75. The number of hydrogen-bond acceptors (Lipinski definition) is 2. The number of nitrogens with zero attached hydrogens (tertiary/aromatic N) is 1. The molecular weight excluding hydrogens is 214 g/mol. The molecule has 0 saturated carbocycles. The third kappa shape index (κ3) is 2.80. The largest absolute Gasteiger partial charge is 0.284 e. The van der Waals surface area contributed by atoms with Crippen molar-refractivity contribution in [2.75, 3.05) is 0 Å². The molecule has 0 saturated heterocycles. The van der Waals surface area contributed by atoms with Crippen molar-refractivity contribution < 1.29 is 0 Å². The van der Waals surface area contributed by atoms with E-state index < -0.39 is 0 Å². The molecule has 0 aliphatic carbocycles. The number of thiophene rings is 1. The lowest BCUT2D eigenvalue weighted by Crippen LogP contribution is -1.89. The van der Waals surface area contributed by atoms with Gasteiger partial charge in [-0.2, -0.15) is 0 Å². The number of aliphatic imine (C=N–C) groups is 1. The molecule has 0 fully saturated rings. The van der Waals surface area contributed by atoms with E-state index in [1.165, 1.54) is 15.3 Å². The Labute approximate surface area is 100 Å². The lowest BCUT2D eigenvalue weighted by molar-refractivity contribution is 0.825. The number of hydrogen-bond donors (Lipinski definition) is 0. The van der Waals surface area contributed by atoms with Gasteiger partial charge in [0.15, 0.2) is 0 Å². The van der Waals surface area contributed by atoms with Crippen molar-refractivity contribution >= 4 is 17.6 Å². The average molecular weight is 229 g/mol. The first-order valence-electron chi connectivity index (χ1n) is 5.40. The van der Waals surface area contributed by atoms with Gasteiger partial charge in [-0.1, -0.05) is 30.3 Å². The third-order valence-corrected chi connectivity index (χ3v) is 3.40. The molecule has 1 unspecified atom stereocenters. The Bertz CT molecular complexity index is 470. The van der Waals surface area contributed by atoms with Crippen molar-refractivity contribution in [3.63, 3.8) is 0 Å². The molecule has 1 aromatic carbocycles. The molecule has 2 aromatic rings. The summed E-state index contributed by atoms with van der Waals surface area (Å²) in [6, 6.07) is 14.8. The fourth-order valence-corrected chi connectivity index (χ4v) is 2.28. The van der Waals surface area contributed by atoms with Gasteiger partial charge < -0.3 is 0 Å². The highest BCUT2D eigenvalue weighted by Gasteiger charge is 2.00. The fourth-order valence-electron chi connectivity index (χ4n) is 1.53. The van der Waals surface area contributed by atoms with Crippen LogP contribution < -0.4 is 0 Å². The van der Waals surface area contributed by atoms with Crippen LogP contribution in [0.15, 0.2) is 47.5 Å². The predicted molar refractivity (Wildman–Crippen MR) is 71.5 cm³/mol. The molecule has 2 rings (SSSR count). The van der Waals surface area contributed by atoms with E-state index in [2.05, 4.69) is 55.2 Å². The van der Waals surface area contributed by atoms with E-state index in [4.69, 9.17) is 0 Å². The zero-order chi connectivity index (χ0) is 11.4. The lowest BCUT2D eigenvalue weighted by Gasteiger charge is -2.04. The van der Waals surface area contributed by atoms with Gasteiger partial charge in [0.1, 0.15) is 0 Å². The molecule has 16 heavy (non-hydrogen) atoms. The molecule has 82 valence electrons. The number of aryl methyl sites for hydroxylation is 1. The molecule has 1 aromatic heterocycles. The second-order valence-electron chi connectivity index (χ2n) is 3.81. The summed E-state index contributed by atoms with van der Waals surface area (Å²) in [6.45, 7) is 4.23. The second-order valence-corrected chi connectivity index (χ2v) is 5.13. The zero-order valence-electron chi connectivity index (χ0n) is 9.55. The fraction of sp³-hybridized carbons (Fsp3) is 0.214. The van der Waals surface area contributed by atoms with Gasteiger partial charge >= 0.3 is 0 Å². The molecule has 0 radical (unpaired) electrons. The van der Waals surface area contributed by atoms with Crippen molar-refractivity contribution in [3.05, 3.63) is 57.8 Å². The molecule has 1 atom stereocenters. The van der Waals surface area contributed by atoms with E-state index >= 15 is 0 Å². The van der Waals surface area contributed by atoms with Gasteiger partial charge in [0, 0.05) is 16.0 Å². The van der Waals surface area contributed by atoms with Gasteiger partial charge in [-0.3, -0.25) is 4.99 Å². The first kappa shape index (κ1) is 11.1. The third-order valence-electron chi connectivity index (χ3n) is 2.47. The van der Waals surface area contributed by atoms with E-state index in [9.17, 15) is 0 Å². The van der Waals surface area contributed by atoms with Gasteiger partial charge in [0.05, 0.1) is 6.04 Å². The molecule has 0 aliphatic rings. The Kier molecular flexibility index (Phi) is 3.52. The van der Waals surface area contributed by atoms with Crippen LogP contribution in [0, 0.1) is 6.92 Å². The highest BCUT2D eigenvalue weighted by Crippen LogP contribution is 2.17. The summed E-state index contributed by atoms with van der Waals surface area (Å²) in [4.78, 5) is 7.11. The zero-order valence-corrected chi connectivity index (χ0v) is 10.4. The SMILES string of the molecule is Cc1ccc(C=NC(C)c2ccccc2)s1. The molecular formula is C14H15NS. The van der Waals surface area contributed by atoms with Gasteiger partial charge in [0.25, 0.3) is 0 Å². The Balaban J connectivity index is 2.08. The summed E-state index contributed by atoms with van der Waals surface area (Å²) in [5.74, 6) is 0. The maximum Gasteiger partial charge on any atom is 0.0721 e. The van der Waals surface area contributed by atoms with Crippen molar-refractivity contribution in [1.82, 2.24) is 0 Å². The second kappa shape index (κ2) is 5.08. The van der Waals surface area contributed by atoms with Crippen LogP contribution in [0.25, 0.3) is 0 Å². The van der Waals surface area contributed by atoms with Gasteiger partial charge in [-0.15, -0.1) is 11.3 Å². The monoisotopic (exact) mass is 229 g/mol. The maximum atomic E-state index is 4.56. The Morgan fingerprint density at radius 2 is 1.88 bits per heavy atom. The molecule has 2 heteroatoms. The molecule has 1 heterocycles. The van der Waals surface area contributed by atoms with E-state index in [0.717, 1.165) is 0 Å². The molecule has 0 N–H and O–H groups in total. The molecule has 1 nitrogen and oxygen atoms in total. The smallest absolute Gasteiger partial charge is 0.0721 e. The van der Waals surface area contributed by atoms with Gasteiger partial charge in [-0.05, 0) is 31.5 Å². The molecule has 0 bridgehead atoms. The topological polar surface area (TPSA) is 12.4 Å². The lowest BCUT2D eigenvalue weighted by atomic mass is 10.1. The predicted octanol–water partition coefficient (Wildman–Crippen LogP) is 4.24. The maximum absolute atomic E-state index is 4.56. The molecule has 0 spiro atoms. The highest BCUT2D eigenvalue weighted by molar-refractivity contribution is 7.13. The number of rotatable bonds is 3. The minimum Gasteiger partial charge on any atom is -0.284 e. The summed E-state index contributed by atoms with van der Waals surface area (Å²) in [7, 11) is 0. The number of benzene rings is 1. The van der Waals surface area contributed by atoms with E-state index in [1.54, 1.807) is 11.3 Å². The summed E-state index contributed by atoms with van der Waals surface area (Å²) < 4.78 is 0. The van der Waals surface area contributed by atoms with Crippen molar-refractivity contribution in [2.24, 2.45) is 4.99 Å².